The number of aryl methyl sites for hydroxylation is 1. The van der Waals surface area contributed by atoms with Crippen LogP contribution in [0.3, 0.4) is 0 Å². The molecule has 1 aromatic carbocycles. The van der Waals surface area contributed by atoms with E-state index in [4.69, 9.17) is 5.84 Å². The van der Waals surface area contributed by atoms with Crippen LogP contribution < -0.4 is 17.0 Å². The van der Waals surface area contributed by atoms with E-state index >= 15 is 0 Å². The van der Waals surface area contributed by atoms with Crippen LogP contribution in [-0.2, 0) is 6.54 Å². The van der Waals surface area contributed by atoms with Gasteiger partial charge in [-0.3, -0.25) is 20.5 Å². The number of nitro benzene ring substituents is 1. The lowest BCUT2D eigenvalue weighted by Crippen LogP contribution is -2.24. The van der Waals surface area contributed by atoms with E-state index in [1.165, 1.54) is 16.8 Å². The molecule has 0 bridgehead atoms. The van der Waals surface area contributed by atoms with Gasteiger partial charge in [0.15, 0.2) is 0 Å². The highest BCUT2D eigenvalue weighted by Gasteiger charge is 2.16. The van der Waals surface area contributed by atoms with Crippen LogP contribution in [0.2, 0.25) is 0 Å². The molecule has 104 valence electrons. The SMILES string of the molecule is Cc1cnc(=O)n(Cc2cccc([N+](=O)[O-])c2NN)c1. The van der Waals surface area contributed by atoms with Crippen molar-refractivity contribution in [2.45, 2.75) is 13.5 Å². The number of nitro groups is 1. The van der Waals surface area contributed by atoms with Crippen molar-refractivity contribution in [2.75, 3.05) is 5.43 Å². The average molecular weight is 275 g/mol. The second-order valence-corrected chi connectivity index (χ2v) is 4.25. The Bertz CT molecular complexity index is 710. The third-order valence-corrected chi connectivity index (χ3v) is 2.79. The van der Waals surface area contributed by atoms with Gasteiger partial charge in [0.25, 0.3) is 5.69 Å². The summed E-state index contributed by atoms with van der Waals surface area (Å²) in [6.45, 7) is 1.95. The third-order valence-electron chi connectivity index (χ3n) is 2.79. The van der Waals surface area contributed by atoms with E-state index in [0.717, 1.165) is 5.56 Å². The normalized spacial score (nSPS) is 10.3. The van der Waals surface area contributed by atoms with Gasteiger partial charge in [-0.25, -0.2) is 9.78 Å². The lowest BCUT2D eigenvalue weighted by atomic mass is 10.1. The molecule has 0 saturated carbocycles. The summed E-state index contributed by atoms with van der Waals surface area (Å²) in [6.07, 6.45) is 3.10. The lowest BCUT2D eigenvalue weighted by Gasteiger charge is -2.11. The maximum atomic E-state index is 11.7. The molecule has 0 aliphatic rings. The smallest absolute Gasteiger partial charge is 0.318 e. The molecule has 0 saturated heterocycles. The number of hydrogen-bond acceptors (Lipinski definition) is 6. The number of nitrogens with zero attached hydrogens (tertiary/aromatic N) is 3. The molecule has 8 heteroatoms. The maximum absolute atomic E-state index is 11.7. The Balaban J connectivity index is 2.48. The summed E-state index contributed by atoms with van der Waals surface area (Å²) < 4.78 is 1.37. The average Bonchev–Trinajstić information content (AvgIpc) is 2.42. The number of hydrogen-bond donors (Lipinski definition) is 2. The van der Waals surface area contributed by atoms with Gasteiger partial charge in [-0.2, -0.15) is 0 Å². The highest BCUT2D eigenvalue weighted by molar-refractivity contribution is 5.65. The summed E-state index contributed by atoms with van der Waals surface area (Å²) in [6, 6.07) is 4.55. The standard InChI is InChI=1S/C12H13N5O3/c1-8-5-14-12(18)16(6-8)7-9-3-2-4-10(17(19)20)11(9)15-13/h2-6,15H,7,13H2,1H3. The van der Waals surface area contributed by atoms with Gasteiger partial charge in [-0.15, -0.1) is 0 Å². The fourth-order valence-electron chi connectivity index (χ4n) is 1.90. The first-order valence-electron chi connectivity index (χ1n) is 5.79. The number of nitrogen functional groups attached to an aromatic ring is 1. The van der Waals surface area contributed by atoms with Crippen molar-refractivity contribution in [2.24, 2.45) is 5.84 Å². The molecule has 0 radical (unpaired) electrons. The Kier molecular flexibility index (Phi) is 3.76. The topological polar surface area (TPSA) is 116 Å². The molecule has 0 unspecified atom stereocenters. The molecule has 1 aromatic heterocycles. The molecule has 0 aliphatic heterocycles. The largest absolute Gasteiger partial charge is 0.347 e. The zero-order chi connectivity index (χ0) is 14.7. The number of nitrogens with one attached hydrogen (secondary N) is 1. The van der Waals surface area contributed by atoms with Crippen molar-refractivity contribution in [3.05, 3.63) is 62.3 Å². The van der Waals surface area contributed by atoms with Crippen LogP contribution in [0.25, 0.3) is 0 Å². The van der Waals surface area contributed by atoms with E-state index in [1.807, 2.05) is 0 Å². The van der Waals surface area contributed by atoms with Gasteiger partial charge in [0.05, 0.1) is 11.5 Å². The first-order chi connectivity index (χ1) is 9.52. The zero-order valence-electron chi connectivity index (χ0n) is 10.7. The van der Waals surface area contributed by atoms with Crippen molar-refractivity contribution in [1.82, 2.24) is 9.55 Å². The Morgan fingerprint density at radius 2 is 2.25 bits per heavy atom. The number of aromatic nitrogens is 2. The number of anilines is 1. The van der Waals surface area contributed by atoms with Crippen molar-refractivity contribution >= 4 is 11.4 Å². The van der Waals surface area contributed by atoms with Gasteiger partial charge < -0.3 is 5.43 Å². The predicted molar refractivity (Wildman–Crippen MR) is 73.2 cm³/mol. The molecule has 2 rings (SSSR count). The molecule has 20 heavy (non-hydrogen) atoms. The summed E-state index contributed by atoms with van der Waals surface area (Å²) in [4.78, 5) is 25.8. The fourth-order valence-corrected chi connectivity index (χ4v) is 1.90. The van der Waals surface area contributed by atoms with Crippen molar-refractivity contribution in [3.63, 3.8) is 0 Å². The van der Waals surface area contributed by atoms with Crippen LogP contribution in [0.5, 0.6) is 0 Å². The molecule has 8 nitrogen and oxygen atoms in total. The summed E-state index contributed by atoms with van der Waals surface area (Å²) in [5.41, 5.74) is 3.30. The molecule has 0 amide bonds. The molecular formula is C12H13N5O3. The van der Waals surface area contributed by atoms with Crippen LogP contribution >= 0.6 is 0 Å². The van der Waals surface area contributed by atoms with Gasteiger partial charge in [0.2, 0.25) is 0 Å². The van der Waals surface area contributed by atoms with Gasteiger partial charge in [0.1, 0.15) is 5.69 Å². The molecule has 0 aliphatic carbocycles. The minimum Gasteiger partial charge on any atom is -0.318 e. The second-order valence-electron chi connectivity index (χ2n) is 4.25. The van der Waals surface area contributed by atoms with Crippen molar-refractivity contribution in [3.8, 4) is 0 Å². The Morgan fingerprint density at radius 3 is 2.90 bits per heavy atom. The highest BCUT2D eigenvalue weighted by Crippen LogP contribution is 2.27. The zero-order valence-corrected chi connectivity index (χ0v) is 10.7. The molecule has 0 fully saturated rings. The molecule has 3 N–H and O–H groups in total. The van der Waals surface area contributed by atoms with E-state index in [1.54, 1.807) is 25.3 Å². The van der Waals surface area contributed by atoms with E-state index in [2.05, 4.69) is 10.4 Å². The summed E-state index contributed by atoms with van der Waals surface area (Å²) >= 11 is 0. The Labute approximate surface area is 114 Å². The van der Waals surface area contributed by atoms with Crippen LogP contribution in [-0.4, -0.2) is 14.5 Å². The number of rotatable bonds is 4. The number of hydrazine groups is 1. The van der Waals surface area contributed by atoms with Crippen LogP contribution in [0, 0.1) is 17.0 Å². The first kappa shape index (κ1) is 13.7. The minimum absolute atomic E-state index is 0.140. The lowest BCUT2D eigenvalue weighted by molar-refractivity contribution is -0.384. The minimum atomic E-state index is -0.532. The molecule has 0 spiro atoms. The fraction of sp³-hybridized carbons (Fsp3) is 0.167. The predicted octanol–water partition coefficient (Wildman–Crippen LogP) is 0.794. The van der Waals surface area contributed by atoms with Crippen LogP contribution in [0.4, 0.5) is 11.4 Å². The van der Waals surface area contributed by atoms with E-state index in [0.29, 0.717) is 5.56 Å². The molecular weight excluding hydrogens is 262 g/mol. The quantitative estimate of drug-likeness (QED) is 0.484. The monoisotopic (exact) mass is 275 g/mol. The van der Waals surface area contributed by atoms with Crippen molar-refractivity contribution < 1.29 is 4.92 Å². The number of para-hydroxylation sites is 1. The van der Waals surface area contributed by atoms with Gasteiger partial charge in [0, 0.05) is 24.0 Å². The Hall–Kier alpha value is -2.74. The van der Waals surface area contributed by atoms with Gasteiger partial charge in [-0.1, -0.05) is 12.1 Å². The van der Waals surface area contributed by atoms with Crippen LogP contribution in [0.1, 0.15) is 11.1 Å². The second kappa shape index (κ2) is 5.49. The molecule has 1 heterocycles. The number of nitrogens with two attached hydrogens (primary N) is 1. The highest BCUT2D eigenvalue weighted by atomic mass is 16.6. The Morgan fingerprint density at radius 1 is 1.50 bits per heavy atom. The van der Waals surface area contributed by atoms with E-state index < -0.39 is 10.6 Å². The molecule has 0 atom stereocenters. The van der Waals surface area contributed by atoms with Crippen molar-refractivity contribution in [1.29, 1.82) is 0 Å². The first-order valence-corrected chi connectivity index (χ1v) is 5.79. The maximum Gasteiger partial charge on any atom is 0.347 e. The van der Waals surface area contributed by atoms with E-state index in [-0.39, 0.29) is 17.9 Å². The molecule has 2 aromatic rings. The van der Waals surface area contributed by atoms with E-state index in [9.17, 15) is 14.9 Å². The van der Waals surface area contributed by atoms with Gasteiger partial charge in [-0.05, 0) is 12.5 Å². The third kappa shape index (κ3) is 2.64. The van der Waals surface area contributed by atoms with Gasteiger partial charge >= 0.3 is 5.69 Å². The summed E-state index contributed by atoms with van der Waals surface area (Å²) in [5, 5.41) is 10.9. The number of benzene rings is 1. The summed E-state index contributed by atoms with van der Waals surface area (Å²) in [5.74, 6) is 5.35. The van der Waals surface area contributed by atoms with Crippen LogP contribution in [0.15, 0.2) is 35.4 Å². The summed E-state index contributed by atoms with van der Waals surface area (Å²) in [7, 11) is 0.